The van der Waals surface area contributed by atoms with Crippen LogP contribution in [0, 0.1) is 0 Å². The molecule has 15 heavy (non-hydrogen) atoms. The maximum absolute atomic E-state index is 11.3. The largest absolute Gasteiger partial charge is 0.394 e. The SMILES string of the molecule is CC(NC(=O)[C@@H](N)CC(N)=O)C(O)CO. The van der Waals surface area contributed by atoms with E-state index < -0.39 is 36.6 Å². The standard InChI is InChI=1S/C8H17N3O4/c1-4(6(13)3-12)11-8(15)5(9)2-7(10)14/h4-6,12-13H,2-3,9H2,1H3,(H2,10,14)(H,11,15)/t4?,5-,6?/m0/s1. The first-order chi connectivity index (χ1) is 6.88. The number of carbonyl (C=O) groups excluding carboxylic acids is 2. The summed E-state index contributed by atoms with van der Waals surface area (Å²) in [7, 11) is 0. The lowest BCUT2D eigenvalue weighted by atomic mass is 10.1. The van der Waals surface area contributed by atoms with Crippen molar-refractivity contribution in [2.45, 2.75) is 31.5 Å². The molecule has 2 unspecified atom stereocenters. The molecule has 0 aromatic rings. The molecule has 2 amide bonds. The van der Waals surface area contributed by atoms with Gasteiger partial charge in [-0.2, -0.15) is 0 Å². The fourth-order valence-corrected chi connectivity index (χ4v) is 0.895. The van der Waals surface area contributed by atoms with Gasteiger partial charge in [-0.15, -0.1) is 0 Å². The van der Waals surface area contributed by atoms with Crippen molar-refractivity contribution in [3.63, 3.8) is 0 Å². The molecule has 0 aliphatic heterocycles. The maximum Gasteiger partial charge on any atom is 0.237 e. The van der Waals surface area contributed by atoms with Crippen molar-refractivity contribution in [3.8, 4) is 0 Å². The van der Waals surface area contributed by atoms with Gasteiger partial charge in [0.2, 0.25) is 11.8 Å². The van der Waals surface area contributed by atoms with Crippen molar-refractivity contribution in [2.24, 2.45) is 11.5 Å². The van der Waals surface area contributed by atoms with Gasteiger partial charge in [0.05, 0.1) is 31.2 Å². The van der Waals surface area contributed by atoms with E-state index in [1.54, 1.807) is 0 Å². The predicted molar refractivity (Wildman–Crippen MR) is 52.5 cm³/mol. The second-order valence-electron chi connectivity index (χ2n) is 3.32. The minimum Gasteiger partial charge on any atom is -0.394 e. The van der Waals surface area contributed by atoms with E-state index in [1.807, 2.05) is 0 Å². The van der Waals surface area contributed by atoms with Crippen LogP contribution in [0.25, 0.3) is 0 Å². The van der Waals surface area contributed by atoms with Crippen LogP contribution in [0.15, 0.2) is 0 Å². The highest BCUT2D eigenvalue weighted by Gasteiger charge is 2.20. The van der Waals surface area contributed by atoms with Crippen LogP contribution in [0.5, 0.6) is 0 Å². The zero-order valence-corrected chi connectivity index (χ0v) is 8.51. The van der Waals surface area contributed by atoms with Crippen molar-refractivity contribution in [3.05, 3.63) is 0 Å². The summed E-state index contributed by atoms with van der Waals surface area (Å²) >= 11 is 0. The number of nitrogens with two attached hydrogens (primary N) is 2. The lowest BCUT2D eigenvalue weighted by molar-refractivity contribution is -0.127. The van der Waals surface area contributed by atoms with E-state index in [1.165, 1.54) is 6.92 Å². The van der Waals surface area contributed by atoms with Crippen LogP contribution in [-0.4, -0.2) is 46.8 Å². The molecule has 7 heteroatoms. The van der Waals surface area contributed by atoms with Crippen molar-refractivity contribution in [1.82, 2.24) is 5.32 Å². The Morgan fingerprint density at radius 2 is 2.00 bits per heavy atom. The van der Waals surface area contributed by atoms with Gasteiger partial charge >= 0.3 is 0 Å². The van der Waals surface area contributed by atoms with E-state index in [-0.39, 0.29) is 6.42 Å². The second-order valence-corrected chi connectivity index (χ2v) is 3.32. The van der Waals surface area contributed by atoms with Crippen LogP contribution >= 0.6 is 0 Å². The zero-order chi connectivity index (χ0) is 12.0. The third-order valence-corrected chi connectivity index (χ3v) is 1.89. The molecule has 0 aromatic carbocycles. The molecule has 0 radical (unpaired) electrons. The van der Waals surface area contributed by atoms with Crippen LogP contribution in [0.3, 0.4) is 0 Å². The first kappa shape index (κ1) is 13.8. The van der Waals surface area contributed by atoms with Crippen molar-refractivity contribution in [1.29, 1.82) is 0 Å². The number of carbonyl (C=O) groups is 2. The van der Waals surface area contributed by atoms with E-state index in [0.29, 0.717) is 0 Å². The van der Waals surface area contributed by atoms with E-state index in [0.717, 1.165) is 0 Å². The third kappa shape index (κ3) is 5.31. The average Bonchev–Trinajstić information content (AvgIpc) is 2.15. The first-order valence-corrected chi connectivity index (χ1v) is 4.51. The summed E-state index contributed by atoms with van der Waals surface area (Å²) < 4.78 is 0. The predicted octanol–water partition coefficient (Wildman–Crippen LogP) is -2.95. The lowest BCUT2D eigenvalue weighted by Gasteiger charge is -2.20. The number of aliphatic hydroxyl groups excluding tert-OH is 2. The number of amides is 2. The fourth-order valence-electron chi connectivity index (χ4n) is 0.895. The first-order valence-electron chi connectivity index (χ1n) is 4.51. The molecule has 0 saturated carbocycles. The van der Waals surface area contributed by atoms with Crippen LogP contribution in [0.2, 0.25) is 0 Å². The van der Waals surface area contributed by atoms with Gasteiger partial charge < -0.3 is 27.0 Å². The quantitative estimate of drug-likeness (QED) is 0.325. The molecule has 3 atom stereocenters. The maximum atomic E-state index is 11.3. The summed E-state index contributed by atoms with van der Waals surface area (Å²) in [6, 6.07) is -1.67. The van der Waals surface area contributed by atoms with Gasteiger partial charge in [0.15, 0.2) is 0 Å². The van der Waals surface area contributed by atoms with Gasteiger partial charge in [0, 0.05) is 0 Å². The smallest absolute Gasteiger partial charge is 0.237 e. The summed E-state index contributed by atoms with van der Waals surface area (Å²) in [6.07, 6.45) is -1.32. The normalized spacial score (nSPS) is 16.5. The molecule has 88 valence electrons. The van der Waals surface area contributed by atoms with E-state index in [9.17, 15) is 9.59 Å². The molecule has 0 bridgehead atoms. The van der Waals surface area contributed by atoms with Crippen molar-refractivity contribution >= 4 is 11.8 Å². The zero-order valence-electron chi connectivity index (χ0n) is 8.51. The van der Waals surface area contributed by atoms with Crippen LogP contribution in [0.4, 0.5) is 0 Å². The number of hydrogen-bond donors (Lipinski definition) is 5. The summed E-state index contributed by atoms with van der Waals surface area (Å²) in [4.78, 5) is 21.7. The van der Waals surface area contributed by atoms with Crippen LogP contribution in [-0.2, 0) is 9.59 Å². The fraction of sp³-hybridized carbons (Fsp3) is 0.750. The van der Waals surface area contributed by atoms with Gasteiger partial charge in [-0.1, -0.05) is 0 Å². The van der Waals surface area contributed by atoms with E-state index >= 15 is 0 Å². The summed E-state index contributed by atoms with van der Waals surface area (Å²) in [5, 5.41) is 20.1. The Bertz CT molecular complexity index is 234. The number of primary amides is 1. The molecule has 0 rings (SSSR count). The lowest BCUT2D eigenvalue weighted by Crippen LogP contribution is -2.50. The highest BCUT2D eigenvalue weighted by molar-refractivity contribution is 5.87. The summed E-state index contributed by atoms with van der Waals surface area (Å²) in [5.74, 6) is -1.26. The van der Waals surface area contributed by atoms with Crippen molar-refractivity contribution in [2.75, 3.05) is 6.61 Å². The molecule has 0 fully saturated rings. The van der Waals surface area contributed by atoms with Gasteiger partial charge in [-0.05, 0) is 6.92 Å². The number of hydrogen-bond acceptors (Lipinski definition) is 5. The molecule has 0 saturated heterocycles. The highest BCUT2D eigenvalue weighted by Crippen LogP contribution is 1.94. The second kappa shape index (κ2) is 6.33. The molecular weight excluding hydrogens is 202 g/mol. The average molecular weight is 219 g/mol. The monoisotopic (exact) mass is 219 g/mol. The van der Waals surface area contributed by atoms with E-state index in [4.69, 9.17) is 21.7 Å². The summed E-state index contributed by atoms with van der Waals surface area (Å²) in [5.41, 5.74) is 10.2. The van der Waals surface area contributed by atoms with Gasteiger partial charge in [0.1, 0.15) is 0 Å². The molecule has 0 aliphatic rings. The topological polar surface area (TPSA) is 139 Å². The van der Waals surface area contributed by atoms with Gasteiger partial charge in [-0.3, -0.25) is 9.59 Å². The number of nitrogens with one attached hydrogen (secondary N) is 1. The van der Waals surface area contributed by atoms with E-state index in [2.05, 4.69) is 5.32 Å². The Hall–Kier alpha value is -1.18. The minimum absolute atomic E-state index is 0.256. The highest BCUT2D eigenvalue weighted by atomic mass is 16.3. The molecule has 0 heterocycles. The van der Waals surface area contributed by atoms with Gasteiger partial charge in [0.25, 0.3) is 0 Å². The molecular formula is C8H17N3O4. The summed E-state index contributed by atoms with van der Waals surface area (Å²) in [6.45, 7) is 1.04. The molecule has 7 nitrogen and oxygen atoms in total. The molecule has 0 aliphatic carbocycles. The van der Waals surface area contributed by atoms with Crippen LogP contribution in [0.1, 0.15) is 13.3 Å². The van der Waals surface area contributed by atoms with Crippen LogP contribution < -0.4 is 16.8 Å². The number of rotatable bonds is 6. The Morgan fingerprint density at radius 3 is 2.40 bits per heavy atom. The molecule has 0 aromatic heterocycles. The molecule has 0 spiro atoms. The van der Waals surface area contributed by atoms with Crippen molar-refractivity contribution < 1.29 is 19.8 Å². The number of aliphatic hydroxyl groups is 2. The Kier molecular flexibility index (Phi) is 5.83. The van der Waals surface area contributed by atoms with Gasteiger partial charge in [-0.25, -0.2) is 0 Å². The Labute approximate surface area is 87.4 Å². The third-order valence-electron chi connectivity index (χ3n) is 1.89. The molecule has 7 N–H and O–H groups in total. The minimum atomic E-state index is -1.06. The Morgan fingerprint density at radius 1 is 1.47 bits per heavy atom. The Balaban J connectivity index is 4.06.